The fourth-order valence-electron chi connectivity index (χ4n) is 2.32. The Morgan fingerprint density at radius 2 is 2.12 bits per heavy atom. The van der Waals surface area contributed by atoms with E-state index < -0.39 is 10.0 Å². The summed E-state index contributed by atoms with van der Waals surface area (Å²) in [5, 5.41) is 5.20. The van der Waals surface area contributed by atoms with E-state index in [4.69, 9.17) is 9.88 Å². The van der Waals surface area contributed by atoms with Crippen LogP contribution in [-0.4, -0.2) is 32.1 Å². The van der Waals surface area contributed by atoms with Gasteiger partial charge < -0.3 is 9.30 Å². The molecule has 0 fully saturated rings. The first-order chi connectivity index (χ1) is 11.9. The molecule has 1 heterocycles. The average molecular weight is 386 g/mol. The smallest absolute Gasteiger partial charge is 0.248 e. The van der Waals surface area contributed by atoms with Gasteiger partial charge in [0, 0.05) is 19.6 Å². The van der Waals surface area contributed by atoms with Gasteiger partial charge in [-0.1, -0.05) is 24.7 Å². The number of hydrogen-bond acceptors (Lipinski definition) is 5. The predicted molar refractivity (Wildman–Crippen MR) is 97.8 cm³/mol. The van der Waals surface area contributed by atoms with E-state index in [1.54, 1.807) is 6.07 Å². The Morgan fingerprint density at radius 3 is 2.76 bits per heavy atom. The Hall–Kier alpha value is -1.55. The summed E-state index contributed by atoms with van der Waals surface area (Å²) in [5.74, 6) is -0.176. The van der Waals surface area contributed by atoms with Crippen LogP contribution in [0.1, 0.15) is 33.1 Å². The zero-order valence-corrected chi connectivity index (χ0v) is 16.0. The van der Waals surface area contributed by atoms with Crippen LogP contribution in [-0.2, 0) is 26.1 Å². The van der Waals surface area contributed by atoms with E-state index in [0.717, 1.165) is 18.4 Å². The molecule has 1 amide bonds. The van der Waals surface area contributed by atoms with Crippen molar-refractivity contribution in [2.75, 3.05) is 13.2 Å². The number of benzene rings is 1. The number of fused-ring (bicyclic) bond motifs is 1. The van der Waals surface area contributed by atoms with Gasteiger partial charge >= 0.3 is 0 Å². The van der Waals surface area contributed by atoms with Gasteiger partial charge in [0.25, 0.3) is 0 Å². The van der Waals surface area contributed by atoms with Crippen LogP contribution in [0, 0.1) is 0 Å². The van der Waals surface area contributed by atoms with Crippen LogP contribution < -0.4 is 9.94 Å². The molecule has 0 aliphatic rings. The van der Waals surface area contributed by atoms with E-state index in [1.807, 2.05) is 18.4 Å². The zero-order valence-electron chi connectivity index (χ0n) is 14.4. The van der Waals surface area contributed by atoms with Gasteiger partial charge in [0.2, 0.25) is 15.9 Å². The molecule has 1 aromatic heterocycles. The van der Waals surface area contributed by atoms with Crippen LogP contribution in [0.4, 0.5) is 0 Å². The van der Waals surface area contributed by atoms with Crippen molar-refractivity contribution in [2.24, 2.45) is 10.1 Å². The van der Waals surface area contributed by atoms with Crippen LogP contribution >= 0.6 is 11.3 Å². The molecule has 0 aliphatic carbocycles. The summed E-state index contributed by atoms with van der Waals surface area (Å²) in [5.41, 5.74) is 0.805. The summed E-state index contributed by atoms with van der Waals surface area (Å²) < 4.78 is 31.1. The van der Waals surface area contributed by atoms with Gasteiger partial charge in [0.05, 0.1) is 21.7 Å². The number of ether oxygens (including phenoxy) is 1. The third kappa shape index (κ3) is 5.21. The number of amides is 1. The lowest BCUT2D eigenvalue weighted by atomic mass is 10.2. The molecular weight excluding hydrogens is 362 g/mol. The van der Waals surface area contributed by atoms with Gasteiger partial charge in [0.15, 0.2) is 4.80 Å². The fraction of sp³-hybridized carbons (Fsp3) is 0.500. The Morgan fingerprint density at radius 1 is 1.36 bits per heavy atom. The quantitative estimate of drug-likeness (QED) is 0.702. The first kappa shape index (κ1) is 19.8. The number of carbonyl (C=O) groups is 1. The number of aromatic nitrogens is 1. The SMILES string of the molecule is CCCCC(=O)N=c1sc2cc(S(N)(=O)=O)ccc2n1CCOCC. The molecule has 1 aromatic carbocycles. The summed E-state index contributed by atoms with van der Waals surface area (Å²) in [6.45, 7) is 5.54. The van der Waals surface area contributed by atoms with Crippen molar-refractivity contribution < 1.29 is 17.9 Å². The summed E-state index contributed by atoms with van der Waals surface area (Å²) in [6, 6.07) is 4.67. The van der Waals surface area contributed by atoms with Crippen LogP contribution in [0.25, 0.3) is 10.2 Å². The Balaban J connectivity index is 2.51. The molecular formula is C16H23N3O4S2. The highest BCUT2D eigenvalue weighted by Gasteiger charge is 2.13. The molecule has 2 N–H and O–H groups in total. The molecule has 9 heteroatoms. The van der Waals surface area contributed by atoms with Crippen LogP contribution in [0.3, 0.4) is 0 Å². The molecule has 0 atom stereocenters. The van der Waals surface area contributed by atoms with Crippen molar-refractivity contribution in [3.63, 3.8) is 0 Å². The lowest BCUT2D eigenvalue weighted by Crippen LogP contribution is -2.19. The third-order valence-electron chi connectivity index (χ3n) is 3.61. The lowest BCUT2D eigenvalue weighted by Gasteiger charge is -2.06. The van der Waals surface area contributed by atoms with E-state index in [2.05, 4.69) is 4.99 Å². The Bertz CT molecular complexity index is 913. The van der Waals surface area contributed by atoms with Gasteiger partial charge in [-0.05, 0) is 31.5 Å². The minimum absolute atomic E-state index is 0.0436. The summed E-state index contributed by atoms with van der Waals surface area (Å²) in [7, 11) is -3.78. The van der Waals surface area contributed by atoms with Gasteiger partial charge in [0.1, 0.15) is 0 Å². The lowest BCUT2D eigenvalue weighted by molar-refractivity contribution is -0.118. The number of nitrogens with two attached hydrogens (primary N) is 1. The highest BCUT2D eigenvalue weighted by molar-refractivity contribution is 7.89. The maximum atomic E-state index is 12.0. The third-order valence-corrected chi connectivity index (χ3v) is 5.56. The first-order valence-corrected chi connectivity index (χ1v) is 10.5. The number of unbranched alkanes of at least 4 members (excludes halogenated alkanes) is 1. The maximum absolute atomic E-state index is 12.0. The summed E-state index contributed by atoms with van der Waals surface area (Å²) >= 11 is 1.27. The molecule has 0 bridgehead atoms. The molecule has 0 radical (unpaired) electrons. The van der Waals surface area contributed by atoms with Crippen molar-refractivity contribution in [2.45, 2.75) is 44.6 Å². The minimum atomic E-state index is -3.78. The van der Waals surface area contributed by atoms with Gasteiger partial charge in [-0.25, -0.2) is 13.6 Å². The monoisotopic (exact) mass is 385 g/mol. The fourth-order valence-corrected chi connectivity index (χ4v) is 4.05. The van der Waals surface area contributed by atoms with Crippen LogP contribution in [0.5, 0.6) is 0 Å². The number of primary sulfonamides is 1. The second-order valence-corrected chi connectivity index (χ2v) is 8.09. The maximum Gasteiger partial charge on any atom is 0.248 e. The zero-order chi connectivity index (χ0) is 18.4. The number of rotatable bonds is 8. The number of nitrogens with zero attached hydrogens (tertiary/aromatic N) is 2. The summed E-state index contributed by atoms with van der Waals surface area (Å²) in [6.07, 6.45) is 2.12. The molecule has 0 unspecified atom stereocenters. The number of hydrogen-bond donors (Lipinski definition) is 1. The average Bonchev–Trinajstić information content (AvgIpc) is 2.89. The standard InChI is InChI=1S/C16H23N3O4S2/c1-3-5-6-15(20)18-16-19(9-10-23-4-2)13-8-7-12(25(17,21)22)11-14(13)24-16/h7-8,11H,3-6,9-10H2,1-2H3,(H2,17,21,22). The Kier molecular flexibility index (Phi) is 6.88. The molecule has 2 aromatic rings. The molecule has 0 aliphatic heterocycles. The Labute approximate surface area is 151 Å². The minimum Gasteiger partial charge on any atom is -0.380 e. The molecule has 0 saturated carbocycles. The second kappa shape index (κ2) is 8.70. The van der Waals surface area contributed by atoms with Crippen LogP contribution in [0.2, 0.25) is 0 Å². The van der Waals surface area contributed by atoms with Gasteiger partial charge in [-0.3, -0.25) is 4.79 Å². The molecule has 7 nitrogen and oxygen atoms in total. The normalized spacial score (nSPS) is 12.8. The van der Waals surface area contributed by atoms with E-state index in [9.17, 15) is 13.2 Å². The van der Waals surface area contributed by atoms with Gasteiger partial charge in [-0.15, -0.1) is 0 Å². The van der Waals surface area contributed by atoms with Crippen molar-refractivity contribution in [3.05, 3.63) is 23.0 Å². The highest BCUT2D eigenvalue weighted by Crippen LogP contribution is 2.21. The van der Waals surface area contributed by atoms with E-state index in [-0.39, 0.29) is 10.8 Å². The van der Waals surface area contributed by atoms with Crippen molar-refractivity contribution in [1.29, 1.82) is 0 Å². The van der Waals surface area contributed by atoms with Gasteiger partial charge in [-0.2, -0.15) is 4.99 Å². The van der Waals surface area contributed by atoms with E-state index >= 15 is 0 Å². The molecule has 138 valence electrons. The van der Waals surface area contributed by atoms with Crippen molar-refractivity contribution in [3.8, 4) is 0 Å². The topological polar surface area (TPSA) is 104 Å². The molecule has 0 spiro atoms. The number of sulfonamides is 1. The van der Waals surface area contributed by atoms with E-state index in [1.165, 1.54) is 23.5 Å². The van der Waals surface area contributed by atoms with Crippen molar-refractivity contribution in [1.82, 2.24) is 4.57 Å². The van der Waals surface area contributed by atoms with E-state index in [0.29, 0.717) is 35.7 Å². The van der Waals surface area contributed by atoms with Crippen molar-refractivity contribution >= 4 is 37.5 Å². The molecule has 25 heavy (non-hydrogen) atoms. The summed E-state index contributed by atoms with van der Waals surface area (Å²) in [4.78, 5) is 16.8. The highest BCUT2D eigenvalue weighted by atomic mass is 32.2. The predicted octanol–water partition coefficient (Wildman–Crippen LogP) is 2.00. The molecule has 2 rings (SSSR count). The first-order valence-electron chi connectivity index (χ1n) is 8.18. The largest absolute Gasteiger partial charge is 0.380 e. The molecule has 0 saturated heterocycles. The second-order valence-electron chi connectivity index (χ2n) is 5.52. The number of carbonyl (C=O) groups excluding carboxylic acids is 1. The van der Waals surface area contributed by atoms with Crippen LogP contribution in [0.15, 0.2) is 28.1 Å². The number of thiazole rings is 1.